The van der Waals surface area contributed by atoms with E-state index < -0.39 is 11.8 Å². The van der Waals surface area contributed by atoms with Gasteiger partial charge in [0.2, 0.25) is 0 Å². The number of carbonyl (C=O) groups is 1. The van der Waals surface area contributed by atoms with Gasteiger partial charge in [-0.3, -0.25) is 4.68 Å². The lowest BCUT2D eigenvalue weighted by atomic mass is 10.2. The first kappa shape index (κ1) is 13.4. The third-order valence-electron chi connectivity index (χ3n) is 2.61. The monoisotopic (exact) mass is 283 g/mol. The second-order valence-corrected chi connectivity index (χ2v) is 4.38. The number of hydrogen-bond donors (Lipinski definition) is 2. The van der Waals surface area contributed by atoms with Gasteiger partial charge in [-0.2, -0.15) is 5.10 Å². The molecule has 0 aliphatic heterocycles. The zero-order chi connectivity index (χ0) is 14.0. The summed E-state index contributed by atoms with van der Waals surface area (Å²) in [5.74, 6) is -1.51. The normalized spacial score (nSPS) is 10.5. The Labute approximate surface area is 113 Å². The van der Waals surface area contributed by atoms with E-state index in [2.05, 4.69) is 10.4 Å². The lowest BCUT2D eigenvalue weighted by Crippen LogP contribution is -2.10. The molecule has 0 bridgehead atoms. The Bertz CT molecular complexity index is 607. The highest BCUT2D eigenvalue weighted by Crippen LogP contribution is 2.19. The lowest BCUT2D eigenvalue weighted by molar-refractivity contribution is 0.0695. The Morgan fingerprint density at radius 3 is 2.89 bits per heavy atom. The molecule has 0 atom stereocenters. The van der Waals surface area contributed by atoms with Gasteiger partial charge in [0.05, 0.1) is 18.4 Å². The number of nitrogens with zero attached hydrogens (tertiary/aromatic N) is 2. The molecule has 1 heterocycles. The Hall–Kier alpha value is -2.08. The molecule has 0 radical (unpaired) electrons. The first-order chi connectivity index (χ1) is 8.97. The molecule has 5 nitrogen and oxygen atoms in total. The Kier molecular flexibility index (Phi) is 3.71. The van der Waals surface area contributed by atoms with E-state index in [0.29, 0.717) is 11.4 Å². The number of benzene rings is 1. The van der Waals surface area contributed by atoms with Crippen LogP contribution in [0.4, 0.5) is 10.1 Å². The summed E-state index contributed by atoms with van der Waals surface area (Å²) in [6.07, 6.45) is 1.28. The average molecular weight is 284 g/mol. The maximum absolute atomic E-state index is 13.1. The van der Waals surface area contributed by atoms with Crippen molar-refractivity contribution in [1.29, 1.82) is 0 Å². The highest BCUT2D eigenvalue weighted by molar-refractivity contribution is 6.30. The van der Waals surface area contributed by atoms with Crippen molar-refractivity contribution in [2.75, 3.05) is 5.32 Å². The summed E-state index contributed by atoms with van der Waals surface area (Å²) in [4.78, 5) is 11.0. The van der Waals surface area contributed by atoms with Crippen molar-refractivity contribution < 1.29 is 14.3 Å². The SMILES string of the molecule is Cn1ncc(C(=O)O)c1CNc1cc(F)cc(Cl)c1. The third kappa shape index (κ3) is 3.03. The number of nitrogens with one attached hydrogen (secondary N) is 1. The fraction of sp³-hybridized carbons (Fsp3) is 0.167. The minimum atomic E-state index is -1.05. The van der Waals surface area contributed by atoms with Crippen molar-refractivity contribution in [2.45, 2.75) is 6.54 Å². The molecule has 0 fully saturated rings. The lowest BCUT2D eigenvalue weighted by Gasteiger charge is -2.08. The van der Waals surface area contributed by atoms with Crippen LogP contribution in [0.2, 0.25) is 5.02 Å². The van der Waals surface area contributed by atoms with Crippen molar-refractivity contribution >= 4 is 23.3 Å². The molecular weight excluding hydrogens is 273 g/mol. The quantitative estimate of drug-likeness (QED) is 0.905. The minimum absolute atomic E-state index is 0.109. The van der Waals surface area contributed by atoms with E-state index >= 15 is 0 Å². The Morgan fingerprint density at radius 1 is 1.53 bits per heavy atom. The Balaban J connectivity index is 2.18. The minimum Gasteiger partial charge on any atom is -0.478 e. The fourth-order valence-electron chi connectivity index (χ4n) is 1.69. The number of aromatic carboxylic acids is 1. The van der Waals surface area contributed by atoms with Gasteiger partial charge in [0, 0.05) is 17.8 Å². The number of hydrogen-bond acceptors (Lipinski definition) is 3. The molecule has 19 heavy (non-hydrogen) atoms. The summed E-state index contributed by atoms with van der Waals surface area (Å²) in [7, 11) is 1.64. The molecule has 7 heteroatoms. The maximum atomic E-state index is 13.1. The molecule has 0 aliphatic rings. The van der Waals surface area contributed by atoms with Crippen LogP contribution in [0.1, 0.15) is 16.1 Å². The van der Waals surface area contributed by atoms with Gasteiger partial charge in [-0.1, -0.05) is 11.6 Å². The van der Waals surface area contributed by atoms with E-state index in [1.807, 2.05) is 0 Å². The molecule has 0 amide bonds. The van der Waals surface area contributed by atoms with Crippen LogP contribution in [-0.2, 0) is 13.6 Å². The van der Waals surface area contributed by atoms with Gasteiger partial charge in [-0.05, 0) is 18.2 Å². The second kappa shape index (κ2) is 5.27. The predicted molar refractivity (Wildman–Crippen MR) is 68.9 cm³/mol. The fourth-order valence-corrected chi connectivity index (χ4v) is 1.91. The first-order valence-corrected chi connectivity index (χ1v) is 5.79. The summed E-state index contributed by atoms with van der Waals surface area (Å²) >= 11 is 5.73. The van der Waals surface area contributed by atoms with Crippen molar-refractivity contribution in [2.24, 2.45) is 7.05 Å². The summed E-state index contributed by atoms with van der Waals surface area (Å²) < 4.78 is 14.6. The smallest absolute Gasteiger partial charge is 0.339 e. The van der Waals surface area contributed by atoms with Crippen LogP contribution in [0.25, 0.3) is 0 Å². The number of aryl methyl sites for hydroxylation is 1. The highest BCUT2D eigenvalue weighted by Gasteiger charge is 2.14. The molecule has 100 valence electrons. The van der Waals surface area contributed by atoms with E-state index in [1.54, 1.807) is 13.1 Å². The summed E-state index contributed by atoms with van der Waals surface area (Å²) in [5.41, 5.74) is 1.08. The molecule has 0 aliphatic carbocycles. The van der Waals surface area contributed by atoms with Gasteiger partial charge >= 0.3 is 5.97 Å². The number of rotatable bonds is 4. The number of carboxylic acids is 1. The molecule has 2 rings (SSSR count). The molecule has 2 aromatic rings. The molecule has 0 unspecified atom stereocenters. The van der Waals surface area contributed by atoms with Crippen molar-refractivity contribution in [3.8, 4) is 0 Å². The van der Waals surface area contributed by atoms with Crippen molar-refractivity contribution in [3.05, 3.63) is 46.5 Å². The number of carboxylic acid groups (broad SMARTS) is 1. The van der Waals surface area contributed by atoms with E-state index in [9.17, 15) is 9.18 Å². The maximum Gasteiger partial charge on any atom is 0.339 e. The largest absolute Gasteiger partial charge is 0.478 e. The first-order valence-electron chi connectivity index (χ1n) is 5.41. The summed E-state index contributed by atoms with van der Waals surface area (Å²) in [6.45, 7) is 0.206. The van der Waals surface area contributed by atoms with Crippen LogP contribution in [0.5, 0.6) is 0 Å². The van der Waals surface area contributed by atoms with Crippen molar-refractivity contribution in [3.63, 3.8) is 0 Å². The van der Waals surface area contributed by atoms with Gasteiger partial charge in [-0.15, -0.1) is 0 Å². The molecule has 0 saturated carbocycles. The van der Waals surface area contributed by atoms with Gasteiger partial charge in [-0.25, -0.2) is 9.18 Å². The van der Waals surface area contributed by atoms with Gasteiger partial charge < -0.3 is 10.4 Å². The molecule has 2 N–H and O–H groups in total. The topological polar surface area (TPSA) is 67.2 Å². The molecule has 1 aromatic carbocycles. The molecular formula is C12H11ClFN3O2. The van der Waals surface area contributed by atoms with Crippen LogP contribution in [0.15, 0.2) is 24.4 Å². The predicted octanol–water partition coefficient (Wildman–Crippen LogP) is 2.52. The standard InChI is InChI=1S/C12H11ClFN3O2/c1-17-11(10(5-16-17)12(18)19)6-15-9-3-7(13)2-8(14)4-9/h2-5,15H,6H2,1H3,(H,18,19). The zero-order valence-corrected chi connectivity index (χ0v) is 10.8. The van der Waals surface area contributed by atoms with Crippen molar-refractivity contribution in [1.82, 2.24) is 9.78 Å². The van der Waals surface area contributed by atoms with E-state index in [-0.39, 0.29) is 17.1 Å². The third-order valence-corrected chi connectivity index (χ3v) is 2.83. The summed E-state index contributed by atoms with van der Waals surface area (Å²) in [5, 5.41) is 16.1. The number of halogens is 2. The van der Waals surface area contributed by atoms with Crippen LogP contribution in [-0.4, -0.2) is 20.9 Å². The number of aromatic nitrogens is 2. The molecule has 1 aromatic heterocycles. The van der Waals surface area contributed by atoms with Gasteiger partial charge in [0.1, 0.15) is 11.4 Å². The van der Waals surface area contributed by atoms with Crippen LogP contribution >= 0.6 is 11.6 Å². The number of anilines is 1. The summed E-state index contributed by atoms with van der Waals surface area (Å²) in [6, 6.07) is 4.03. The highest BCUT2D eigenvalue weighted by atomic mass is 35.5. The van der Waals surface area contributed by atoms with E-state index in [4.69, 9.17) is 16.7 Å². The average Bonchev–Trinajstić information content (AvgIpc) is 2.67. The van der Waals surface area contributed by atoms with Gasteiger partial charge in [0.15, 0.2) is 0 Å². The zero-order valence-electron chi connectivity index (χ0n) is 10.0. The second-order valence-electron chi connectivity index (χ2n) is 3.95. The van der Waals surface area contributed by atoms with E-state index in [1.165, 1.54) is 23.0 Å². The van der Waals surface area contributed by atoms with Crippen LogP contribution in [0.3, 0.4) is 0 Å². The Morgan fingerprint density at radius 2 is 2.26 bits per heavy atom. The van der Waals surface area contributed by atoms with E-state index in [0.717, 1.165) is 0 Å². The van der Waals surface area contributed by atoms with Crippen LogP contribution in [0, 0.1) is 5.82 Å². The molecule has 0 spiro atoms. The molecule has 0 saturated heterocycles. The van der Waals surface area contributed by atoms with Crippen LogP contribution < -0.4 is 5.32 Å². The van der Waals surface area contributed by atoms with Gasteiger partial charge in [0.25, 0.3) is 0 Å².